The van der Waals surface area contributed by atoms with E-state index < -0.39 is 5.97 Å². The van der Waals surface area contributed by atoms with Crippen LogP contribution in [0.3, 0.4) is 0 Å². The summed E-state index contributed by atoms with van der Waals surface area (Å²) in [5.41, 5.74) is 1.02. The standard InChI is InChI=1S/C15H15N3O2/c19-15(20)12-5-3-6-13(17-12)18-14(10-7-8-10)11-4-1-2-9-16-11/h1-6,9-10,14H,7-8H2,(H,17,18)(H,19,20). The Kier molecular flexibility index (Phi) is 3.33. The molecule has 1 fully saturated rings. The third kappa shape index (κ3) is 2.77. The molecular formula is C15H15N3O2. The zero-order valence-corrected chi connectivity index (χ0v) is 10.9. The summed E-state index contributed by atoms with van der Waals surface area (Å²) in [7, 11) is 0. The minimum absolute atomic E-state index is 0.0468. The predicted molar refractivity (Wildman–Crippen MR) is 74.5 cm³/mol. The van der Waals surface area contributed by atoms with E-state index in [9.17, 15) is 4.79 Å². The second kappa shape index (κ2) is 5.28. The Morgan fingerprint density at radius 1 is 1.25 bits per heavy atom. The Bertz CT molecular complexity index is 612. The molecule has 2 heterocycles. The van der Waals surface area contributed by atoms with Crippen LogP contribution in [0, 0.1) is 5.92 Å². The molecule has 0 bridgehead atoms. The first-order chi connectivity index (χ1) is 9.74. The SMILES string of the molecule is O=C(O)c1cccc(NC(c2ccccn2)C2CC2)n1. The van der Waals surface area contributed by atoms with Gasteiger partial charge in [0.25, 0.3) is 0 Å². The highest BCUT2D eigenvalue weighted by Gasteiger charge is 2.33. The number of carboxylic acid groups (broad SMARTS) is 1. The fourth-order valence-corrected chi connectivity index (χ4v) is 2.22. The van der Waals surface area contributed by atoms with E-state index >= 15 is 0 Å². The zero-order chi connectivity index (χ0) is 13.9. The Hall–Kier alpha value is -2.43. The summed E-state index contributed by atoms with van der Waals surface area (Å²) in [6, 6.07) is 10.9. The average Bonchev–Trinajstić information content (AvgIpc) is 3.30. The normalized spacial score (nSPS) is 15.6. The molecule has 2 N–H and O–H groups in total. The van der Waals surface area contributed by atoms with Crippen LogP contribution in [0.15, 0.2) is 42.6 Å². The summed E-state index contributed by atoms with van der Waals surface area (Å²) in [4.78, 5) is 19.4. The van der Waals surface area contributed by atoms with Gasteiger partial charge < -0.3 is 10.4 Å². The Balaban J connectivity index is 1.84. The van der Waals surface area contributed by atoms with Crippen LogP contribution in [0.5, 0.6) is 0 Å². The molecule has 5 nitrogen and oxygen atoms in total. The van der Waals surface area contributed by atoms with Crippen LogP contribution < -0.4 is 5.32 Å². The predicted octanol–water partition coefficient (Wildman–Crippen LogP) is 2.74. The molecule has 2 aromatic heterocycles. The molecule has 1 aliphatic carbocycles. The van der Waals surface area contributed by atoms with Crippen LogP contribution in [0.1, 0.15) is 35.1 Å². The van der Waals surface area contributed by atoms with Crippen molar-refractivity contribution < 1.29 is 9.90 Å². The first-order valence-corrected chi connectivity index (χ1v) is 6.62. The minimum atomic E-state index is -1.02. The number of aromatic nitrogens is 2. The van der Waals surface area contributed by atoms with E-state index in [1.807, 2.05) is 18.2 Å². The lowest BCUT2D eigenvalue weighted by Gasteiger charge is -2.18. The van der Waals surface area contributed by atoms with Gasteiger partial charge in [0.15, 0.2) is 5.69 Å². The molecule has 1 unspecified atom stereocenters. The Morgan fingerprint density at radius 3 is 2.75 bits per heavy atom. The molecule has 0 radical (unpaired) electrons. The largest absolute Gasteiger partial charge is 0.477 e. The molecule has 0 amide bonds. The number of nitrogens with one attached hydrogen (secondary N) is 1. The van der Waals surface area contributed by atoms with Crippen molar-refractivity contribution in [3.8, 4) is 0 Å². The molecule has 1 saturated carbocycles. The third-order valence-corrected chi connectivity index (χ3v) is 3.37. The highest BCUT2D eigenvalue weighted by Crippen LogP contribution is 2.41. The van der Waals surface area contributed by atoms with Crippen LogP contribution in [0.2, 0.25) is 0 Å². The van der Waals surface area contributed by atoms with E-state index in [-0.39, 0.29) is 11.7 Å². The van der Waals surface area contributed by atoms with Gasteiger partial charge in [-0.05, 0) is 43.0 Å². The van der Waals surface area contributed by atoms with Gasteiger partial charge in [0.2, 0.25) is 0 Å². The van der Waals surface area contributed by atoms with Crippen LogP contribution in [0.25, 0.3) is 0 Å². The first kappa shape index (κ1) is 12.6. The lowest BCUT2D eigenvalue weighted by Crippen LogP contribution is -2.16. The fourth-order valence-electron chi connectivity index (χ4n) is 2.22. The third-order valence-electron chi connectivity index (χ3n) is 3.37. The van der Waals surface area contributed by atoms with Crippen molar-refractivity contribution in [2.45, 2.75) is 18.9 Å². The first-order valence-electron chi connectivity index (χ1n) is 6.62. The number of carboxylic acids is 1. The van der Waals surface area contributed by atoms with Gasteiger partial charge in [0.05, 0.1) is 11.7 Å². The quantitative estimate of drug-likeness (QED) is 0.873. The highest BCUT2D eigenvalue weighted by molar-refractivity contribution is 5.85. The maximum absolute atomic E-state index is 11.0. The molecule has 0 spiro atoms. The molecular weight excluding hydrogens is 254 g/mol. The van der Waals surface area contributed by atoms with E-state index in [0.29, 0.717) is 11.7 Å². The Labute approximate surface area is 116 Å². The molecule has 5 heteroatoms. The van der Waals surface area contributed by atoms with Crippen molar-refractivity contribution in [3.05, 3.63) is 54.0 Å². The number of carbonyl (C=O) groups is 1. The van der Waals surface area contributed by atoms with Crippen LogP contribution in [0.4, 0.5) is 5.82 Å². The molecule has 2 aromatic rings. The summed E-state index contributed by atoms with van der Waals surface area (Å²) < 4.78 is 0. The smallest absolute Gasteiger partial charge is 0.354 e. The topological polar surface area (TPSA) is 75.1 Å². The van der Waals surface area contributed by atoms with Crippen LogP contribution in [-0.4, -0.2) is 21.0 Å². The van der Waals surface area contributed by atoms with Crippen molar-refractivity contribution in [1.29, 1.82) is 0 Å². The van der Waals surface area contributed by atoms with Gasteiger partial charge in [0.1, 0.15) is 5.82 Å². The summed E-state index contributed by atoms with van der Waals surface area (Å²) in [6.07, 6.45) is 4.09. The van der Waals surface area contributed by atoms with Gasteiger partial charge in [-0.3, -0.25) is 4.98 Å². The van der Waals surface area contributed by atoms with Gasteiger partial charge in [-0.1, -0.05) is 12.1 Å². The van der Waals surface area contributed by atoms with Crippen molar-refractivity contribution in [2.75, 3.05) is 5.32 Å². The second-order valence-electron chi connectivity index (χ2n) is 4.93. The lowest BCUT2D eigenvalue weighted by molar-refractivity contribution is 0.0690. The number of pyridine rings is 2. The van der Waals surface area contributed by atoms with E-state index in [1.54, 1.807) is 18.3 Å². The number of anilines is 1. The van der Waals surface area contributed by atoms with Gasteiger partial charge in [-0.15, -0.1) is 0 Å². The number of hydrogen-bond acceptors (Lipinski definition) is 4. The maximum Gasteiger partial charge on any atom is 0.354 e. The molecule has 20 heavy (non-hydrogen) atoms. The average molecular weight is 269 g/mol. The van der Waals surface area contributed by atoms with Gasteiger partial charge in [0, 0.05) is 6.20 Å². The summed E-state index contributed by atoms with van der Waals surface area (Å²) in [5, 5.41) is 12.3. The van der Waals surface area contributed by atoms with Crippen molar-refractivity contribution in [1.82, 2.24) is 9.97 Å². The number of nitrogens with zero attached hydrogens (tertiary/aromatic N) is 2. The van der Waals surface area contributed by atoms with Gasteiger partial charge in [-0.25, -0.2) is 9.78 Å². The lowest BCUT2D eigenvalue weighted by atomic mass is 10.1. The molecule has 102 valence electrons. The summed E-state index contributed by atoms with van der Waals surface area (Å²) in [5.74, 6) is 0.0992. The Morgan fingerprint density at radius 2 is 2.10 bits per heavy atom. The van der Waals surface area contributed by atoms with E-state index in [1.165, 1.54) is 6.07 Å². The second-order valence-corrected chi connectivity index (χ2v) is 4.93. The summed E-state index contributed by atoms with van der Waals surface area (Å²) >= 11 is 0. The zero-order valence-electron chi connectivity index (χ0n) is 10.9. The molecule has 0 saturated heterocycles. The maximum atomic E-state index is 11.0. The van der Waals surface area contributed by atoms with Crippen molar-refractivity contribution in [3.63, 3.8) is 0 Å². The van der Waals surface area contributed by atoms with Crippen LogP contribution >= 0.6 is 0 Å². The van der Waals surface area contributed by atoms with Crippen molar-refractivity contribution in [2.24, 2.45) is 5.92 Å². The van der Waals surface area contributed by atoms with Gasteiger partial charge in [-0.2, -0.15) is 0 Å². The molecule has 0 aromatic carbocycles. The van der Waals surface area contributed by atoms with E-state index in [0.717, 1.165) is 18.5 Å². The minimum Gasteiger partial charge on any atom is -0.477 e. The molecule has 1 atom stereocenters. The highest BCUT2D eigenvalue weighted by atomic mass is 16.4. The fraction of sp³-hybridized carbons (Fsp3) is 0.267. The van der Waals surface area contributed by atoms with Crippen molar-refractivity contribution >= 4 is 11.8 Å². The molecule has 0 aliphatic heterocycles. The monoisotopic (exact) mass is 269 g/mol. The number of hydrogen-bond donors (Lipinski definition) is 2. The van der Waals surface area contributed by atoms with Crippen LogP contribution in [-0.2, 0) is 0 Å². The number of aromatic carboxylic acids is 1. The van der Waals surface area contributed by atoms with Gasteiger partial charge >= 0.3 is 5.97 Å². The molecule has 1 aliphatic rings. The van der Waals surface area contributed by atoms with E-state index in [4.69, 9.17) is 5.11 Å². The van der Waals surface area contributed by atoms with E-state index in [2.05, 4.69) is 15.3 Å². The number of rotatable bonds is 5. The summed E-state index contributed by atoms with van der Waals surface area (Å²) in [6.45, 7) is 0. The molecule has 3 rings (SSSR count).